The number of nitrogens with zero attached hydrogens (tertiary/aromatic N) is 2. The lowest BCUT2D eigenvalue weighted by molar-refractivity contribution is 0.0956. The molecule has 0 radical (unpaired) electrons. The zero-order valence-electron chi connectivity index (χ0n) is 14.8. The number of pyridine rings is 1. The van der Waals surface area contributed by atoms with Crippen molar-refractivity contribution in [3.8, 4) is 11.5 Å². The van der Waals surface area contributed by atoms with Crippen molar-refractivity contribution in [2.24, 2.45) is 5.10 Å². The molecule has 136 valence electrons. The van der Waals surface area contributed by atoms with E-state index >= 15 is 0 Å². The Labute approximate surface area is 156 Å². The van der Waals surface area contributed by atoms with E-state index in [1.54, 1.807) is 12.1 Å². The number of rotatable bonds is 5. The fraction of sp³-hybridized carbons (Fsp3) is 0.190. The number of aromatic nitrogens is 1. The van der Waals surface area contributed by atoms with E-state index in [1.807, 2.05) is 30.3 Å². The minimum absolute atomic E-state index is 0.0505. The summed E-state index contributed by atoms with van der Waals surface area (Å²) in [5, 5.41) is 14.5. The predicted octanol–water partition coefficient (Wildman–Crippen LogP) is 3.59. The third-order valence-electron chi connectivity index (χ3n) is 4.56. The molecule has 0 spiro atoms. The number of phenolic OH excluding ortho intramolecular Hbond substituents is 1. The summed E-state index contributed by atoms with van der Waals surface area (Å²) < 4.78 is 5.07. The Morgan fingerprint density at radius 3 is 2.85 bits per heavy atom. The fourth-order valence-corrected chi connectivity index (χ4v) is 2.97. The van der Waals surface area contributed by atoms with Gasteiger partial charge in [0.05, 0.1) is 24.4 Å². The van der Waals surface area contributed by atoms with Crippen molar-refractivity contribution < 1.29 is 14.6 Å². The standard InChI is InChI=1S/C21H19N3O3/c1-27-20-10-13(6-9-19(20)25)12-22-24-21(26)16-11-18(14-7-8-14)23-17-5-3-2-4-15(16)17/h2-6,9-12,14,25H,7-8H2,1H3,(H,24,26)/b22-12+. The van der Waals surface area contributed by atoms with E-state index in [1.165, 1.54) is 19.4 Å². The quantitative estimate of drug-likeness (QED) is 0.537. The van der Waals surface area contributed by atoms with Crippen molar-refractivity contribution >= 4 is 23.0 Å². The highest BCUT2D eigenvalue weighted by molar-refractivity contribution is 6.06. The van der Waals surface area contributed by atoms with Crippen molar-refractivity contribution in [1.82, 2.24) is 10.4 Å². The average Bonchev–Trinajstić information content (AvgIpc) is 3.53. The van der Waals surface area contributed by atoms with Crippen LogP contribution in [0.4, 0.5) is 0 Å². The Hall–Kier alpha value is -3.41. The molecule has 0 bridgehead atoms. The summed E-state index contributed by atoms with van der Waals surface area (Å²) in [6.45, 7) is 0. The summed E-state index contributed by atoms with van der Waals surface area (Å²) in [7, 11) is 1.48. The van der Waals surface area contributed by atoms with Crippen molar-refractivity contribution in [3.63, 3.8) is 0 Å². The largest absolute Gasteiger partial charge is 0.504 e. The van der Waals surface area contributed by atoms with Crippen LogP contribution in [-0.2, 0) is 0 Å². The van der Waals surface area contributed by atoms with Gasteiger partial charge in [-0.15, -0.1) is 0 Å². The van der Waals surface area contributed by atoms with E-state index in [2.05, 4.69) is 15.5 Å². The molecule has 1 aliphatic rings. The van der Waals surface area contributed by atoms with E-state index in [0.29, 0.717) is 22.8 Å². The fourth-order valence-electron chi connectivity index (χ4n) is 2.97. The Balaban J connectivity index is 1.58. The number of carbonyl (C=O) groups is 1. The van der Waals surface area contributed by atoms with Crippen molar-refractivity contribution in [2.45, 2.75) is 18.8 Å². The van der Waals surface area contributed by atoms with Crippen LogP contribution in [0, 0.1) is 0 Å². The second-order valence-electron chi connectivity index (χ2n) is 6.52. The number of benzene rings is 2. The average molecular weight is 361 g/mol. The number of carbonyl (C=O) groups excluding carboxylic acids is 1. The molecule has 0 saturated heterocycles. The molecule has 2 aromatic carbocycles. The van der Waals surface area contributed by atoms with E-state index in [9.17, 15) is 9.90 Å². The summed E-state index contributed by atoms with van der Waals surface area (Å²) in [5.74, 6) is 0.570. The van der Waals surface area contributed by atoms with Gasteiger partial charge in [-0.25, -0.2) is 5.43 Å². The molecule has 1 fully saturated rings. The number of hydrogen-bond donors (Lipinski definition) is 2. The van der Waals surface area contributed by atoms with Gasteiger partial charge in [0.25, 0.3) is 5.91 Å². The number of fused-ring (bicyclic) bond motifs is 1. The highest BCUT2D eigenvalue weighted by atomic mass is 16.5. The molecule has 0 unspecified atom stereocenters. The number of aromatic hydroxyl groups is 1. The monoisotopic (exact) mass is 361 g/mol. The van der Waals surface area contributed by atoms with Gasteiger partial charge >= 0.3 is 0 Å². The molecule has 1 heterocycles. The van der Waals surface area contributed by atoms with Crippen LogP contribution in [0.15, 0.2) is 53.6 Å². The molecule has 3 aromatic rings. The smallest absolute Gasteiger partial charge is 0.272 e. The molecule has 1 aliphatic carbocycles. The highest BCUT2D eigenvalue weighted by Gasteiger charge is 2.26. The van der Waals surface area contributed by atoms with Crippen molar-refractivity contribution in [3.05, 3.63) is 65.4 Å². The summed E-state index contributed by atoms with van der Waals surface area (Å²) in [5.41, 5.74) is 5.63. The van der Waals surface area contributed by atoms with Gasteiger partial charge in [0.15, 0.2) is 11.5 Å². The van der Waals surface area contributed by atoms with Gasteiger partial charge < -0.3 is 9.84 Å². The summed E-state index contributed by atoms with van der Waals surface area (Å²) in [4.78, 5) is 17.4. The first-order chi connectivity index (χ1) is 13.2. The predicted molar refractivity (Wildman–Crippen MR) is 103 cm³/mol. The van der Waals surface area contributed by atoms with Gasteiger partial charge in [-0.2, -0.15) is 5.10 Å². The molecule has 4 rings (SSSR count). The van der Waals surface area contributed by atoms with Gasteiger partial charge in [-0.3, -0.25) is 9.78 Å². The molecular weight excluding hydrogens is 342 g/mol. The van der Waals surface area contributed by atoms with Gasteiger partial charge in [-0.1, -0.05) is 18.2 Å². The van der Waals surface area contributed by atoms with Crippen LogP contribution < -0.4 is 10.2 Å². The van der Waals surface area contributed by atoms with Crippen LogP contribution in [-0.4, -0.2) is 29.3 Å². The SMILES string of the molecule is COc1cc(/C=N/NC(=O)c2cc(C3CC3)nc3ccccc23)ccc1O. The zero-order valence-corrected chi connectivity index (χ0v) is 14.8. The van der Waals surface area contributed by atoms with Gasteiger partial charge in [0, 0.05) is 17.0 Å². The van der Waals surface area contributed by atoms with Crippen LogP contribution in [0.3, 0.4) is 0 Å². The van der Waals surface area contributed by atoms with E-state index < -0.39 is 0 Å². The number of hydrogen-bond acceptors (Lipinski definition) is 5. The number of nitrogens with one attached hydrogen (secondary N) is 1. The lowest BCUT2D eigenvalue weighted by Crippen LogP contribution is -2.18. The van der Waals surface area contributed by atoms with Crippen molar-refractivity contribution in [2.75, 3.05) is 7.11 Å². The van der Waals surface area contributed by atoms with E-state index in [-0.39, 0.29) is 11.7 Å². The normalized spacial score (nSPS) is 13.8. The number of hydrazone groups is 1. The lowest BCUT2D eigenvalue weighted by atomic mass is 10.1. The van der Waals surface area contributed by atoms with Crippen LogP contribution in [0.1, 0.15) is 40.4 Å². The molecule has 6 heteroatoms. The van der Waals surface area contributed by atoms with Crippen LogP contribution in [0.5, 0.6) is 11.5 Å². The summed E-state index contributed by atoms with van der Waals surface area (Å²) >= 11 is 0. The molecule has 0 aliphatic heterocycles. The number of para-hydroxylation sites is 1. The van der Waals surface area contributed by atoms with Gasteiger partial charge in [0.1, 0.15) is 0 Å². The van der Waals surface area contributed by atoms with Crippen LogP contribution in [0.2, 0.25) is 0 Å². The van der Waals surface area contributed by atoms with Crippen molar-refractivity contribution in [1.29, 1.82) is 0 Å². The Morgan fingerprint density at radius 1 is 1.26 bits per heavy atom. The minimum Gasteiger partial charge on any atom is -0.504 e. The Bertz CT molecular complexity index is 1040. The molecule has 2 N–H and O–H groups in total. The molecular formula is C21H19N3O3. The first kappa shape index (κ1) is 17.0. The molecule has 1 saturated carbocycles. The van der Waals surface area contributed by atoms with E-state index in [4.69, 9.17) is 4.74 Å². The molecule has 0 atom stereocenters. The third kappa shape index (κ3) is 3.60. The summed E-state index contributed by atoms with van der Waals surface area (Å²) in [6.07, 6.45) is 3.74. The second-order valence-corrected chi connectivity index (χ2v) is 6.52. The van der Waals surface area contributed by atoms with Gasteiger partial charge in [-0.05, 0) is 48.7 Å². The third-order valence-corrected chi connectivity index (χ3v) is 4.56. The maximum absolute atomic E-state index is 12.7. The Kier molecular flexibility index (Phi) is 4.46. The highest BCUT2D eigenvalue weighted by Crippen LogP contribution is 2.40. The number of ether oxygens (including phenoxy) is 1. The summed E-state index contributed by atoms with van der Waals surface area (Å²) in [6, 6.07) is 14.3. The Morgan fingerprint density at radius 2 is 2.07 bits per heavy atom. The number of phenols is 1. The van der Waals surface area contributed by atoms with Crippen LogP contribution >= 0.6 is 0 Å². The zero-order chi connectivity index (χ0) is 18.8. The first-order valence-electron chi connectivity index (χ1n) is 8.76. The first-order valence-corrected chi connectivity index (χ1v) is 8.76. The minimum atomic E-state index is -0.280. The maximum Gasteiger partial charge on any atom is 0.272 e. The molecule has 1 amide bonds. The molecule has 27 heavy (non-hydrogen) atoms. The number of methoxy groups -OCH3 is 1. The molecule has 1 aromatic heterocycles. The number of amides is 1. The van der Waals surface area contributed by atoms with Crippen LogP contribution in [0.25, 0.3) is 10.9 Å². The second kappa shape index (κ2) is 7.07. The van der Waals surface area contributed by atoms with E-state index in [0.717, 1.165) is 29.4 Å². The maximum atomic E-state index is 12.7. The molecule has 6 nitrogen and oxygen atoms in total. The lowest BCUT2D eigenvalue weighted by Gasteiger charge is -2.08. The van der Waals surface area contributed by atoms with Gasteiger partial charge in [0.2, 0.25) is 0 Å². The topological polar surface area (TPSA) is 83.8 Å².